The second kappa shape index (κ2) is 8.50. The van der Waals surface area contributed by atoms with Crippen molar-refractivity contribution in [2.75, 3.05) is 37.7 Å². The van der Waals surface area contributed by atoms with Crippen LogP contribution in [0.2, 0.25) is 5.02 Å². The molecule has 3 rings (SSSR count). The number of hydrogen-bond donors (Lipinski definition) is 1. The van der Waals surface area contributed by atoms with Gasteiger partial charge in [-0.25, -0.2) is 13.2 Å². The summed E-state index contributed by atoms with van der Waals surface area (Å²) in [5.74, 6) is -0.675. The van der Waals surface area contributed by atoms with Crippen LogP contribution in [0.25, 0.3) is 0 Å². The lowest BCUT2D eigenvalue weighted by atomic mass is 10.2. The van der Waals surface area contributed by atoms with Crippen LogP contribution >= 0.6 is 11.6 Å². The summed E-state index contributed by atoms with van der Waals surface area (Å²) in [5, 5.41) is 7.00. The first-order valence-electron chi connectivity index (χ1n) is 9.13. The zero-order chi connectivity index (χ0) is 20.3. The Kier molecular flexibility index (Phi) is 6.26. The molecule has 1 fully saturated rings. The normalized spacial score (nSPS) is 15.6. The summed E-state index contributed by atoms with van der Waals surface area (Å²) in [6, 6.07) is 7.43. The summed E-state index contributed by atoms with van der Waals surface area (Å²) in [7, 11) is -3.92. The SMILES string of the molecule is CCOC(=O)c1c(S(=O)(=O)N2CCN(c3ccc(Cl)cc3)CC2)n[nH]c1CC. The van der Waals surface area contributed by atoms with Crippen molar-refractivity contribution in [1.29, 1.82) is 0 Å². The minimum atomic E-state index is -3.92. The van der Waals surface area contributed by atoms with Gasteiger partial charge in [-0.2, -0.15) is 9.40 Å². The number of nitrogens with one attached hydrogen (secondary N) is 1. The predicted octanol–water partition coefficient (Wildman–Crippen LogP) is 2.31. The number of H-pyrrole nitrogens is 1. The lowest BCUT2D eigenvalue weighted by Crippen LogP contribution is -2.49. The van der Waals surface area contributed by atoms with Gasteiger partial charge in [0.15, 0.2) is 0 Å². The summed E-state index contributed by atoms with van der Waals surface area (Å²) >= 11 is 5.92. The van der Waals surface area contributed by atoms with Gasteiger partial charge >= 0.3 is 5.97 Å². The fourth-order valence-electron chi connectivity index (χ4n) is 3.18. The summed E-state index contributed by atoms with van der Waals surface area (Å²) < 4.78 is 32.7. The molecule has 28 heavy (non-hydrogen) atoms. The van der Waals surface area contributed by atoms with E-state index in [1.165, 1.54) is 4.31 Å². The molecule has 2 aromatic rings. The molecule has 0 radical (unpaired) electrons. The van der Waals surface area contributed by atoms with Crippen LogP contribution in [0.4, 0.5) is 5.69 Å². The number of halogens is 1. The number of carbonyl (C=O) groups excluding carboxylic acids is 1. The number of aryl methyl sites for hydroxylation is 1. The number of ether oxygens (including phenoxy) is 1. The number of aromatic nitrogens is 2. The van der Waals surface area contributed by atoms with Crippen LogP contribution in [0, 0.1) is 0 Å². The van der Waals surface area contributed by atoms with E-state index in [-0.39, 0.29) is 17.2 Å². The van der Waals surface area contributed by atoms with E-state index in [1.807, 2.05) is 31.2 Å². The average Bonchev–Trinajstić information content (AvgIpc) is 3.14. The smallest absolute Gasteiger partial charge is 0.343 e. The van der Waals surface area contributed by atoms with E-state index in [2.05, 4.69) is 15.1 Å². The minimum Gasteiger partial charge on any atom is -0.462 e. The number of sulfonamides is 1. The molecule has 2 heterocycles. The molecule has 0 atom stereocenters. The number of nitrogens with zero attached hydrogens (tertiary/aromatic N) is 3. The number of aromatic amines is 1. The van der Waals surface area contributed by atoms with Gasteiger partial charge in [-0.1, -0.05) is 18.5 Å². The highest BCUT2D eigenvalue weighted by atomic mass is 35.5. The highest BCUT2D eigenvalue weighted by Crippen LogP contribution is 2.25. The monoisotopic (exact) mass is 426 g/mol. The van der Waals surface area contributed by atoms with Crippen LogP contribution in [0.3, 0.4) is 0 Å². The van der Waals surface area contributed by atoms with E-state index < -0.39 is 16.0 Å². The molecule has 1 aromatic heterocycles. The molecule has 10 heteroatoms. The van der Waals surface area contributed by atoms with Crippen molar-refractivity contribution in [2.45, 2.75) is 25.3 Å². The molecule has 0 aliphatic carbocycles. The Morgan fingerprint density at radius 2 is 1.82 bits per heavy atom. The number of benzene rings is 1. The van der Waals surface area contributed by atoms with Crippen molar-refractivity contribution in [2.24, 2.45) is 0 Å². The fourth-order valence-corrected chi connectivity index (χ4v) is 4.82. The third-order valence-electron chi connectivity index (χ3n) is 4.66. The summed E-state index contributed by atoms with van der Waals surface area (Å²) in [4.78, 5) is 14.4. The van der Waals surface area contributed by atoms with Gasteiger partial charge in [0, 0.05) is 36.9 Å². The van der Waals surface area contributed by atoms with Crippen molar-refractivity contribution in [3.63, 3.8) is 0 Å². The Bertz CT molecular complexity index is 935. The number of hydrogen-bond acceptors (Lipinski definition) is 6. The van der Waals surface area contributed by atoms with Crippen LogP contribution in [0.5, 0.6) is 0 Å². The average molecular weight is 427 g/mol. The maximum absolute atomic E-state index is 13.1. The molecular formula is C18H23ClN4O4S. The highest BCUT2D eigenvalue weighted by Gasteiger charge is 2.36. The second-order valence-corrected chi connectivity index (χ2v) is 8.61. The molecule has 0 amide bonds. The van der Waals surface area contributed by atoms with E-state index in [9.17, 15) is 13.2 Å². The van der Waals surface area contributed by atoms with Crippen LogP contribution in [-0.4, -0.2) is 61.7 Å². The quantitative estimate of drug-likeness (QED) is 0.712. The van der Waals surface area contributed by atoms with Gasteiger partial charge in [-0.05, 0) is 37.6 Å². The summed E-state index contributed by atoms with van der Waals surface area (Å²) in [5.41, 5.74) is 1.45. The van der Waals surface area contributed by atoms with Gasteiger partial charge in [-0.3, -0.25) is 5.10 Å². The van der Waals surface area contributed by atoms with Gasteiger partial charge in [0.25, 0.3) is 10.0 Å². The Morgan fingerprint density at radius 3 is 2.39 bits per heavy atom. The largest absolute Gasteiger partial charge is 0.462 e. The van der Waals surface area contributed by atoms with E-state index in [1.54, 1.807) is 6.92 Å². The molecular weight excluding hydrogens is 404 g/mol. The first-order chi connectivity index (χ1) is 13.4. The Labute approximate surface area is 169 Å². The molecule has 1 aliphatic rings. The third-order valence-corrected chi connectivity index (χ3v) is 6.74. The lowest BCUT2D eigenvalue weighted by Gasteiger charge is -2.35. The Balaban J connectivity index is 1.80. The van der Waals surface area contributed by atoms with Gasteiger partial charge in [0.05, 0.1) is 12.3 Å². The molecule has 0 spiro atoms. The highest BCUT2D eigenvalue weighted by molar-refractivity contribution is 7.89. The number of rotatable bonds is 6. The van der Waals surface area contributed by atoms with E-state index in [0.29, 0.717) is 43.3 Å². The maximum atomic E-state index is 13.1. The number of carbonyl (C=O) groups is 1. The minimum absolute atomic E-state index is 0.00415. The van der Waals surface area contributed by atoms with Gasteiger partial charge in [0.2, 0.25) is 5.03 Å². The first kappa shape index (κ1) is 20.6. The van der Waals surface area contributed by atoms with Crippen LogP contribution in [0.15, 0.2) is 29.3 Å². The molecule has 0 bridgehead atoms. The van der Waals surface area contributed by atoms with Gasteiger partial charge < -0.3 is 9.64 Å². The van der Waals surface area contributed by atoms with E-state index >= 15 is 0 Å². The molecule has 1 saturated heterocycles. The van der Waals surface area contributed by atoms with Crippen LogP contribution in [0.1, 0.15) is 29.9 Å². The molecule has 1 aliphatic heterocycles. The molecule has 0 unspecified atom stereocenters. The lowest BCUT2D eigenvalue weighted by molar-refractivity contribution is 0.0520. The third kappa shape index (κ3) is 4.01. The topological polar surface area (TPSA) is 95.6 Å². The Hall–Kier alpha value is -2.10. The van der Waals surface area contributed by atoms with E-state index in [4.69, 9.17) is 16.3 Å². The zero-order valence-corrected chi connectivity index (χ0v) is 17.4. The second-order valence-electron chi connectivity index (χ2n) is 6.32. The summed E-state index contributed by atoms with van der Waals surface area (Å²) in [6.07, 6.45) is 0.445. The molecule has 1 aromatic carbocycles. The molecule has 0 saturated carbocycles. The van der Waals surface area contributed by atoms with Gasteiger partial charge in [0.1, 0.15) is 5.56 Å². The van der Waals surface area contributed by atoms with Gasteiger partial charge in [-0.15, -0.1) is 0 Å². The van der Waals surface area contributed by atoms with Crippen molar-refractivity contribution in [3.05, 3.63) is 40.5 Å². The van der Waals surface area contributed by atoms with Crippen molar-refractivity contribution >= 4 is 33.3 Å². The molecule has 1 N–H and O–H groups in total. The number of anilines is 1. The predicted molar refractivity (Wildman–Crippen MR) is 106 cm³/mol. The van der Waals surface area contributed by atoms with Crippen molar-refractivity contribution in [3.8, 4) is 0 Å². The zero-order valence-electron chi connectivity index (χ0n) is 15.8. The van der Waals surface area contributed by atoms with Crippen molar-refractivity contribution in [1.82, 2.24) is 14.5 Å². The van der Waals surface area contributed by atoms with E-state index in [0.717, 1.165) is 5.69 Å². The van der Waals surface area contributed by atoms with Crippen molar-refractivity contribution < 1.29 is 17.9 Å². The Morgan fingerprint density at radius 1 is 1.18 bits per heavy atom. The number of esters is 1. The van der Waals surface area contributed by atoms with Crippen LogP contribution < -0.4 is 4.90 Å². The first-order valence-corrected chi connectivity index (χ1v) is 10.9. The number of piperazine rings is 1. The fraction of sp³-hybridized carbons (Fsp3) is 0.444. The summed E-state index contributed by atoms with van der Waals surface area (Å²) in [6.45, 7) is 5.29. The van der Waals surface area contributed by atoms with Crippen LogP contribution in [-0.2, 0) is 21.2 Å². The molecule has 8 nitrogen and oxygen atoms in total. The maximum Gasteiger partial charge on any atom is 0.343 e. The molecule has 152 valence electrons. The standard InChI is InChI=1S/C18H23ClN4O4S/c1-3-15-16(18(24)27-4-2)17(21-20-15)28(25,26)23-11-9-22(10-12-23)14-7-5-13(19)6-8-14/h5-8H,3-4,9-12H2,1-2H3,(H,20,21).